The average molecular weight is 324 g/mol. The second-order valence-electron chi connectivity index (χ2n) is 6.66. The summed E-state index contributed by atoms with van der Waals surface area (Å²) in [5.41, 5.74) is 4.98. The summed E-state index contributed by atoms with van der Waals surface area (Å²) in [6.07, 6.45) is 3.79. The van der Waals surface area contributed by atoms with Crippen molar-refractivity contribution in [1.82, 2.24) is 15.1 Å². The lowest BCUT2D eigenvalue weighted by atomic mass is 9.75. The van der Waals surface area contributed by atoms with Crippen molar-refractivity contribution in [1.29, 1.82) is 0 Å². The molecular weight excluding hydrogens is 296 g/mol. The van der Waals surface area contributed by atoms with Crippen LogP contribution in [-0.4, -0.2) is 60.9 Å². The number of carbonyl (C=O) groups is 3. The predicted molar refractivity (Wildman–Crippen MR) is 86.5 cm³/mol. The molecule has 0 aromatic heterocycles. The Morgan fingerprint density at radius 1 is 1.17 bits per heavy atom. The Labute approximate surface area is 137 Å². The van der Waals surface area contributed by atoms with Crippen LogP contribution in [0.15, 0.2) is 0 Å². The molecule has 130 valence electrons. The first-order valence-electron chi connectivity index (χ1n) is 8.49. The zero-order valence-electron chi connectivity index (χ0n) is 14.1. The molecule has 2 saturated heterocycles. The van der Waals surface area contributed by atoms with Gasteiger partial charge in [0.2, 0.25) is 11.8 Å². The molecule has 0 aromatic carbocycles. The zero-order chi connectivity index (χ0) is 17.0. The predicted octanol–water partition coefficient (Wildman–Crippen LogP) is 0.542. The van der Waals surface area contributed by atoms with Crippen LogP contribution in [0.4, 0.5) is 4.79 Å². The maximum Gasteiger partial charge on any atom is 0.314 e. The van der Waals surface area contributed by atoms with Gasteiger partial charge in [-0.05, 0) is 32.1 Å². The number of carbonyl (C=O) groups excluding carboxylic acids is 3. The molecule has 1 atom stereocenters. The second kappa shape index (κ2) is 7.19. The summed E-state index contributed by atoms with van der Waals surface area (Å²) in [5.74, 6) is 0.00704. The normalized spacial score (nSPS) is 24.2. The number of urea groups is 1. The van der Waals surface area contributed by atoms with E-state index in [-0.39, 0.29) is 23.1 Å². The van der Waals surface area contributed by atoms with Crippen molar-refractivity contribution in [3.05, 3.63) is 0 Å². The maximum absolute atomic E-state index is 12.7. The van der Waals surface area contributed by atoms with Crippen molar-refractivity contribution in [3.63, 3.8) is 0 Å². The minimum Gasteiger partial charge on any atom is -0.359 e. The van der Waals surface area contributed by atoms with Gasteiger partial charge in [0.1, 0.15) is 0 Å². The fraction of sp³-hybridized carbons (Fsp3) is 0.812. The lowest BCUT2D eigenvalue weighted by molar-refractivity contribution is -0.144. The topological polar surface area (TPSA) is 95.7 Å². The number of nitrogens with one attached hydrogen (secondary N) is 1. The molecule has 0 bridgehead atoms. The van der Waals surface area contributed by atoms with E-state index >= 15 is 0 Å². The molecule has 0 saturated carbocycles. The first-order valence-corrected chi connectivity index (χ1v) is 8.49. The molecule has 23 heavy (non-hydrogen) atoms. The number of primary amides is 1. The van der Waals surface area contributed by atoms with Gasteiger partial charge in [-0.15, -0.1) is 0 Å². The Bertz CT molecular complexity index is 472. The zero-order valence-corrected chi connectivity index (χ0v) is 14.1. The monoisotopic (exact) mass is 324 g/mol. The van der Waals surface area contributed by atoms with Crippen LogP contribution in [0.3, 0.4) is 0 Å². The standard InChI is InChI=1S/C16H28N4O3/c1-3-16(14(22)18-2)6-9-19(10-7-16)13(21)12-5-4-8-20(11-12)15(17)23/h12H,3-11H2,1-2H3,(H2,17,23)(H,18,22). The van der Waals surface area contributed by atoms with E-state index in [4.69, 9.17) is 5.73 Å². The molecule has 1 unspecified atom stereocenters. The molecule has 0 spiro atoms. The minimum absolute atomic E-state index is 0.0738. The van der Waals surface area contributed by atoms with Gasteiger partial charge in [0, 0.05) is 33.2 Å². The number of likely N-dealkylation sites (tertiary alicyclic amines) is 2. The molecule has 0 radical (unpaired) electrons. The Morgan fingerprint density at radius 3 is 2.35 bits per heavy atom. The number of nitrogens with two attached hydrogens (primary N) is 1. The smallest absolute Gasteiger partial charge is 0.314 e. The van der Waals surface area contributed by atoms with Gasteiger partial charge in [0.25, 0.3) is 0 Å². The lowest BCUT2D eigenvalue weighted by Crippen LogP contribution is -2.53. The molecule has 2 rings (SSSR count). The summed E-state index contributed by atoms with van der Waals surface area (Å²) < 4.78 is 0. The molecule has 7 nitrogen and oxygen atoms in total. The third kappa shape index (κ3) is 3.59. The number of hydrogen-bond donors (Lipinski definition) is 2. The molecule has 2 fully saturated rings. The van der Waals surface area contributed by atoms with Crippen LogP contribution < -0.4 is 11.1 Å². The first-order chi connectivity index (χ1) is 10.9. The number of amides is 4. The van der Waals surface area contributed by atoms with Crippen molar-refractivity contribution >= 4 is 17.8 Å². The summed E-state index contributed by atoms with van der Waals surface area (Å²) in [4.78, 5) is 39.6. The molecule has 2 aliphatic rings. The maximum atomic E-state index is 12.7. The minimum atomic E-state index is -0.453. The lowest BCUT2D eigenvalue weighted by Gasteiger charge is -2.42. The molecule has 4 amide bonds. The number of hydrogen-bond acceptors (Lipinski definition) is 3. The van der Waals surface area contributed by atoms with Gasteiger partial charge in [0.15, 0.2) is 0 Å². The Kier molecular flexibility index (Phi) is 5.49. The third-order valence-corrected chi connectivity index (χ3v) is 5.50. The van der Waals surface area contributed by atoms with Gasteiger partial charge >= 0.3 is 6.03 Å². The van der Waals surface area contributed by atoms with E-state index in [1.807, 2.05) is 11.8 Å². The number of piperidine rings is 2. The van der Waals surface area contributed by atoms with E-state index in [2.05, 4.69) is 5.32 Å². The third-order valence-electron chi connectivity index (χ3n) is 5.50. The molecule has 2 aliphatic heterocycles. The van der Waals surface area contributed by atoms with Crippen molar-refractivity contribution in [2.24, 2.45) is 17.1 Å². The second-order valence-corrected chi connectivity index (χ2v) is 6.66. The van der Waals surface area contributed by atoms with Gasteiger partial charge in [-0.2, -0.15) is 0 Å². The molecule has 0 aliphatic carbocycles. The van der Waals surface area contributed by atoms with Crippen LogP contribution in [0.25, 0.3) is 0 Å². The average Bonchev–Trinajstić information content (AvgIpc) is 2.60. The highest BCUT2D eigenvalue weighted by atomic mass is 16.2. The number of rotatable bonds is 3. The quantitative estimate of drug-likeness (QED) is 0.793. The molecule has 2 heterocycles. The molecule has 7 heteroatoms. The fourth-order valence-corrected chi connectivity index (χ4v) is 3.80. The van der Waals surface area contributed by atoms with Crippen LogP contribution >= 0.6 is 0 Å². The van der Waals surface area contributed by atoms with Gasteiger partial charge in [0.05, 0.1) is 11.3 Å². The summed E-state index contributed by atoms with van der Waals surface area (Å²) in [7, 11) is 1.66. The van der Waals surface area contributed by atoms with E-state index in [1.165, 1.54) is 0 Å². The summed E-state index contributed by atoms with van der Waals surface area (Å²) in [5, 5.41) is 2.75. The fourth-order valence-electron chi connectivity index (χ4n) is 3.80. The summed E-state index contributed by atoms with van der Waals surface area (Å²) in [6, 6.07) is -0.453. The van der Waals surface area contributed by atoms with Gasteiger partial charge in [-0.3, -0.25) is 9.59 Å². The van der Waals surface area contributed by atoms with Gasteiger partial charge in [-0.1, -0.05) is 6.92 Å². The van der Waals surface area contributed by atoms with Crippen LogP contribution in [0.1, 0.15) is 39.0 Å². The van der Waals surface area contributed by atoms with Crippen LogP contribution in [-0.2, 0) is 9.59 Å². The van der Waals surface area contributed by atoms with Crippen molar-refractivity contribution in [3.8, 4) is 0 Å². The SMILES string of the molecule is CCC1(C(=O)NC)CCN(C(=O)C2CCCN(C(N)=O)C2)CC1. The van der Waals surface area contributed by atoms with Crippen molar-refractivity contribution < 1.29 is 14.4 Å². The van der Waals surface area contributed by atoms with Gasteiger partial charge in [-0.25, -0.2) is 4.79 Å². The molecule has 3 N–H and O–H groups in total. The van der Waals surface area contributed by atoms with Crippen molar-refractivity contribution in [2.45, 2.75) is 39.0 Å². The molecular formula is C16H28N4O3. The molecule has 0 aromatic rings. The largest absolute Gasteiger partial charge is 0.359 e. The highest BCUT2D eigenvalue weighted by molar-refractivity contribution is 5.84. The highest BCUT2D eigenvalue weighted by Crippen LogP contribution is 2.35. The Hall–Kier alpha value is -1.79. The van der Waals surface area contributed by atoms with E-state index < -0.39 is 6.03 Å². The highest BCUT2D eigenvalue weighted by Gasteiger charge is 2.41. The van der Waals surface area contributed by atoms with Gasteiger partial charge < -0.3 is 20.9 Å². The Morgan fingerprint density at radius 2 is 1.83 bits per heavy atom. The van der Waals surface area contributed by atoms with E-state index in [9.17, 15) is 14.4 Å². The summed E-state index contributed by atoms with van der Waals surface area (Å²) >= 11 is 0. The van der Waals surface area contributed by atoms with E-state index in [0.717, 1.165) is 19.3 Å². The van der Waals surface area contributed by atoms with Crippen LogP contribution in [0.5, 0.6) is 0 Å². The number of nitrogens with zero attached hydrogens (tertiary/aromatic N) is 2. The van der Waals surface area contributed by atoms with E-state index in [0.29, 0.717) is 39.0 Å². The summed E-state index contributed by atoms with van der Waals surface area (Å²) in [6.45, 7) is 4.28. The van der Waals surface area contributed by atoms with Crippen LogP contribution in [0.2, 0.25) is 0 Å². The van der Waals surface area contributed by atoms with E-state index in [1.54, 1.807) is 11.9 Å². The van der Waals surface area contributed by atoms with Crippen molar-refractivity contribution in [2.75, 3.05) is 33.2 Å². The first kappa shape index (κ1) is 17.6. The van der Waals surface area contributed by atoms with Crippen LogP contribution in [0, 0.1) is 11.3 Å². The Balaban J connectivity index is 1.95.